The summed E-state index contributed by atoms with van der Waals surface area (Å²) in [6.07, 6.45) is 2.34. The van der Waals surface area contributed by atoms with E-state index >= 15 is 0 Å². The summed E-state index contributed by atoms with van der Waals surface area (Å²) in [5.41, 5.74) is 7.25. The molecule has 1 rings (SSSR count). The molecule has 0 heterocycles. The number of hydrogen-bond donors (Lipinski definition) is 2. The van der Waals surface area contributed by atoms with Gasteiger partial charge in [0.2, 0.25) is 0 Å². The van der Waals surface area contributed by atoms with Crippen LogP contribution in [0.3, 0.4) is 0 Å². The first-order valence-corrected chi connectivity index (χ1v) is 7.25. The number of aliphatic hydroxyl groups is 1. The summed E-state index contributed by atoms with van der Waals surface area (Å²) in [5, 5.41) is 9.20. The number of rotatable bonds is 9. The summed E-state index contributed by atoms with van der Waals surface area (Å²) in [4.78, 5) is 2.32. The number of nitrogens with zero attached hydrogens (tertiary/aromatic N) is 1. The highest BCUT2D eigenvalue weighted by Gasteiger charge is 2.27. The number of benzene rings is 1. The molecule has 0 fully saturated rings. The van der Waals surface area contributed by atoms with Crippen LogP contribution >= 0.6 is 0 Å². The van der Waals surface area contributed by atoms with Crippen LogP contribution in [0.5, 0.6) is 0 Å². The van der Waals surface area contributed by atoms with Crippen molar-refractivity contribution in [1.29, 1.82) is 0 Å². The first-order valence-electron chi connectivity index (χ1n) is 7.25. The van der Waals surface area contributed by atoms with E-state index in [4.69, 9.17) is 5.73 Å². The third kappa shape index (κ3) is 4.94. The predicted octanol–water partition coefficient (Wildman–Crippen LogP) is 2.00. The summed E-state index contributed by atoms with van der Waals surface area (Å²) < 4.78 is 0. The minimum absolute atomic E-state index is 0.0514. The molecule has 1 aromatic carbocycles. The van der Waals surface area contributed by atoms with Crippen LogP contribution in [0.25, 0.3) is 0 Å². The highest BCUT2D eigenvalue weighted by Crippen LogP contribution is 2.23. The Labute approximate surface area is 117 Å². The van der Waals surface area contributed by atoms with Crippen LogP contribution < -0.4 is 5.73 Å². The molecule has 3 N–H and O–H groups in total. The molecular weight excluding hydrogens is 236 g/mol. The first kappa shape index (κ1) is 16.2. The monoisotopic (exact) mass is 264 g/mol. The highest BCUT2D eigenvalue weighted by atomic mass is 16.3. The fourth-order valence-corrected chi connectivity index (χ4v) is 2.40. The smallest absolute Gasteiger partial charge is 0.0558 e. The summed E-state index contributed by atoms with van der Waals surface area (Å²) in [7, 11) is 0. The average molecular weight is 264 g/mol. The zero-order valence-electron chi connectivity index (χ0n) is 12.3. The van der Waals surface area contributed by atoms with Crippen LogP contribution in [0.2, 0.25) is 0 Å². The van der Waals surface area contributed by atoms with Crippen LogP contribution in [-0.4, -0.2) is 42.8 Å². The topological polar surface area (TPSA) is 49.5 Å². The van der Waals surface area contributed by atoms with Gasteiger partial charge >= 0.3 is 0 Å². The Morgan fingerprint density at radius 2 is 1.89 bits per heavy atom. The second-order valence-corrected chi connectivity index (χ2v) is 5.48. The third-order valence-corrected chi connectivity index (χ3v) is 3.74. The summed E-state index contributed by atoms with van der Waals surface area (Å²) >= 11 is 0. The van der Waals surface area contributed by atoms with E-state index in [1.807, 2.05) is 6.07 Å². The van der Waals surface area contributed by atoms with Gasteiger partial charge in [0.15, 0.2) is 0 Å². The van der Waals surface area contributed by atoms with Crippen molar-refractivity contribution < 1.29 is 5.11 Å². The third-order valence-electron chi connectivity index (χ3n) is 3.74. The quantitative estimate of drug-likeness (QED) is 0.717. The Bertz CT molecular complexity index is 342. The summed E-state index contributed by atoms with van der Waals surface area (Å²) in [6, 6.07) is 10.4. The molecule has 19 heavy (non-hydrogen) atoms. The van der Waals surface area contributed by atoms with Crippen molar-refractivity contribution in [3.8, 4) is 0 Å². The number of unbranched alkanes of at least 4 members (excludes halogenated alkanes) is 1. The normalized spacial score (nSPS) is 14.6. The van der Waals surface area contributed by atoms with Gasteiger partial charge in [-0.3, -0.25) is 0 Å². The molecule has 0 aliphatic heterocycles. The molecule has 0 spiro atoms. The van der Waals surface area contributed by atoms with Gasteiger partial charge in [0.05, 0.1) is 6.61 Å². The predicted molar refractivity (Wildman–Crippen MR) is 81.3 cm³/mol. The lowest BCUT2D eigenvalue weighted by atomic mass is 9.82. The highest BCUT2D eigenvalue weighted by molar-refractivity contribution is 5.25. The van der Waals surface area contributed by atoms with Crippen LogP contribution in [0, 0.1) is 0 Å². The van der Waals surface area contributed by atoms with Crippen LogP contribution in [-0.2, 0) is 5.41 Å². The van der Waals surface area contributed by atoms with Crippen molar-refractivity contribution in [2.75, 3.05) is 32.8 Å². The molecule has 0 aromatic heterocycles. The van der Waals surface area contributed by atoms with Crippen molar-refractivity contribution in [3.05, 3.63) is 35.9 Å². The SMILES string of the molecule is CCCCN(CCO)CC(C)(CN)c1ccccc1. The van der Waals surface area contributed by atoms with Crippen molar-refractivity contribution in [2.24, 2.45) is 5.73 Å². The zero-order chi connectivity index (χ0) is 14.1. The average Bonchev–Trinajstić information content (AvgIpc) is 2.46. The Kier molecular flexibility index (Phi) is 7.06. The molecule has 3 heteroatoms. The van der Waals surface area contributed by atoms with E-state index in [1.165, 1.54) is 12.0 Å². The molecule has 0 amide bonds. The Morgan fingerprint density at radius 1 is 1.21 bits per heavy atom. The molecule has 0 aliphatic rings. The lowest BCUT2D eigenvalue weighted by Gasteiger charge is -2.35. The van der Waals surface area contributed by atoms with Crippen molar-refractivity contribution in [1.82, 2.24) is 4.90 Å². The van der Waals surface area contributed by atoms with E-state index in [-0.39, 0.29) is 12.0 Å². The number of aliphatic hydroxyl groups excluding tert-OH is 1. The molecule has 0 aliphatic carbocycles. The number of nitrogens with two attached hydrogens (primary N) is 1. The van der Waals surface area contributed by atoms with Crippen molar-refractivity contribution in [3.63, 3.8) is 0 Å². The van der Waals surface area contributed by atoms with Gasteiger partial charge in [0.1, 0.15) is 0 Å². The van der Waals surface area contributed by atoms with Gasteiger partial charge in [-0.1, -0.05) is 50.6 Å². The van der Waals surface area contributed by atoms with Gasteiger partial charge in [-0.15, -0.1) is 0 Å². The Morgan fingerprint density at radius 3 is 2.42 bits per heavy atom. The van der Waals surface area contributed by atoms with E-state index < -0.39 is 0 Å². The van der Waals surface area contributed by atoms with E-state index in [2.05, 4.69) is 43.0 Å². The molecular formula is C16H28N2O. The fourth-order valence-electron chi connectivity index (χ4n) is 2.40. The minimum atomic E-state index is -0.0514. The van der Waals surface area contributed by atoms with E-state index in [1.54, 1.807) is 0 Å². The van der Waals surface area contributed by atoms with Gasteiger partial charge in [0, 0.05) is 25.0 Å². The van der Waals surface area contributed by atoms with Gasteiger partial charge in [-0.25, -0.2) is 0 Å². The maximum absolute atomic E-state index is 9.20. The molecule has 0 radical (unpaired) electrons. The van der Waals surface area contributed by atoms with Gasteiger partial charge in [-0.2, -0.15) is 0 Å². The summed E-state index contributed by atoms with van der Waals surface area (Å²) in [5.74, 6) is 0. The molecule has 108 valence electrons. The fraction of sp³-hybridized carbons (Fsp3) is 0.625. The van der Waals surface area contributed by atoms with Gasteiger partial charge in [-0.05, 0) is 18.5 Å². The van der Waals surface area contributed by atoms with Crippen LogP contribution in [0.4, 0.5) is 0 Å². The van der Waals surface area contributed by atoms with Gasteiger partial charge in [0.25, 0.3) is 0 Å². The molecule has 1 unspecified atom stereocenters. The van der Waals surface area contributed by atoms with Crippen LogP contribution in [0.1, 0.15) is 32.3 Å². The second-order valence-electron chi connectivity index (χ2n) is 5.48. The largest absolute Gasteiger partial charge is 0.395 e. The molecule has 3 nitrogen and oxygen atoms in total. The standard InChI is InChI=1S/C16H28N2O/c1-3-4-10-18(11-12-19)14-16(2,13-17)15-8-6-5-7-9-15/h5-9,19H,3-4,10-14,17H2,1-2H3. The Balaban J connectivity index is 2.77. The lowest BCUT2D eigenvalue weighted by Crippen LogP contribution is -2.45. The molecule has 1 atom stereocenters. The Hall–Kier alpha value is -0.900. The second kappa shape index (κ2) is 8.31. The summed E-state index contributed by atoms with van der Waals surface area (Å²) in [6.45, 7) is 7.87. The molecule has 0 saturated carbocycles. The van der Waals surface area contributed by atoms with E-state index in [0.29, 0.717) is 6.54 Å². The van der Waals surface area contributed by atoms with Crippen molar-refractivity contribution >= 4 is 0 Å². The number of hydrogen-bond acceptors (Lipinski definition) is 3. The molecule has 0 saturated heterocycles. The molecule has 1 aromatic rings. The lowest BCUT2D eigenvalue weighted by molar-refractivity contribution is 0.166. The van der Waals surface area contributed by atoms with Gasteiger partial charge < -0.3 is 15.7 Å². The zero-order valence-corrected chi connectivity index (χ0v) is 12.3. The van der Waals surface area contributed by atoms with Crippen molar-refractivity contribution in [2.45, 2.75) is 32.1 Å². The maximum Gasteiger partial charge on any atom is 0.0558 e. The van der Waals surface area contributed by atoms with E-state index in [0.717, 1.165) is 26.1 Å². The van der Waals surface area contributed by atoms with E-state index in [9.17, 15) is 5.11 Å². The molecule has 0 bridgehead atoms. The van der Waals surface area contributed by atoms with Crippen LogP contribution in [0.15, 0.2) is 30.3 Å². The minimum Gasteiger partial charge on any atom is -0.395 e. The first-order chi connectivity index (χ1) is 9.16. The maximum atomic E-state index is 9.20.